The van der Waals surface area contributed by atoms with Gasteiger partial charge in [-0.15, -0.1) is 0 Å². The number of amides is 2. The molecule has 2 N–H and O–H groups in total. The van der Waals surface area contributed by atoms with Gasteiger partial charge in [-0.1, -0.05) is 5.16 Å². The number of hydrogen-bond acceptors (Lipinski definition) is 4. The number of nitrogens with two attached hydrogens (primary N) is 1. The first-order valence-corrected chi connectivity index (χ1v) is 5.00. The summed E-state index contributed by atoms with van der Waals surface area (Å²) in [5.41, 5.74) is 5.36. The molecule has 0 spiro atoms. The monoisotopic (exact) mass is 211 g/mol. The molecule has 1 fully saturated rings. The fourth-order valence-corrected chi connectivity index (χ4v) is 1.76. The van der Waals surface area contributed by atoms with Crippen molar-refractivity contribution in [3.8, 4) is 0 Å². The van der Waals surface area contributed by atoms with Gasteiger partial charge in [-0.2, -0.15) is 0 Å². The van der Waals surface area contributed by atoms with Gasteiger partial charge in [-0.25, -0.2) is 0 Å². The summed E-state index contributed by atoms with van der Waals surface area (Å²) in [6.07, 6.45) is 1.48. The molecule has 82 valence electrons. The lowest BCUT2D eigenvalue weighted by Crippen LogP contribution is -2.35. The Labute approximate surface area is 87.0 Å². The van der Waals surface area contributed by atoms with Crippen LogP contribution >= 0.6 is 0 Å². The third kappa shape index (κ3) is 1.93. The third-order valence-corrected chi connectivity index (χ3v) is 2.63. The summed E-state index contributed by atoms with van der Waals surface area (Å²) in [6, 6.07) is 0. The van der Waals surface area contributed by atoms with Crippen molar-refractivity contribution in [1.29, 1.82) is 0 Å². The molecule has 0 aromatic heterocycles. The lowest BCUT2D eigenvalue weighted by molar-refractivity contribution is -0.127. The van der Waals surface area contributed by atoms with E-state index in [0.29, 0.717) is 5.71 Å². The number of nitrogens with zero attached hydrogens (tertiary/aromatic N) is 2. The number of primary amides is 1. The van der Waals surface area contributed by atoms with Crippen LogP contribution in [0.2, 0.25) is 0 Å². The second-order valence-electron chi connectivity index (χ2n) is 3.74. The van der Waals surface area contributed by atoms with Crippen molar-refractivity contribution >= 4 is 17.5 Å². The van der Waals surface area contributed by atoms with Crippen LogP contribution in [0, 0.1) is 0 Å². The van der Waals surface area contributed by atoms with E-state index >= 15 is 0 Å². The summed E-state index contributed by atoms with van der Waals surface area (Å²) >= 11 is 0. The number of oxime groups is 1. The van der Waals surface area contributed by atoms with Crippen molar-refractivity contribution in [3.05, 3.63) is 0 Å². The molecule has 2 amide bonds. The van der Waals surface area contributed by atoms with Crippen molar-refractivity contribution in [2.45, 2.75) is 25.4 Å². The Kier molecular flexibility index (Phi) is 2.57. The average Bonchev–Trinajstić information content (AvgIpc) is 2.88. The van der Waals surface area contributed by atoms with Gasteiger partial charge in [0.2, 0.25) is 6.10 Å². The predicted octanol–water partition coefficient (Wildman–Crippen LogP) is -0.761. The standard InChI is InChI=1S/C9H13N3O3/c10-8(13)7-5-6(11-15-7)9(14)12-3-1-2-4-12/h7H,1-5H2,(H2,10,13). The zero-order valence-corrected chi connectivity index (χ0v) is 8.31. The highest BCUT2D eigenvalue weighted by Crippen LogP contribution is 2.15. The minimum Gasteiger partial charge on any atom is -0.382 e. The molecule has 6 nitrogen and oxygen atoms in total. The molecule has 0 aromatic carbocycles. The van der Waals surface area contributed by atoms with Gasteiger partial charge in [0.15, 0.2) is 0 Å². The lowest BCUT2D eigenvalue weighted by atomic mass is 10.1. The molecular formula is C9H13N3O3. The van der Waals surface area contributed by atoms with Crippen LogP contribution in [0.5, 0.6) is 0 Å². The van der Waals surface area contributed by atoms with Crippen LogP contribution in [0.4, 0.5) is 0 Å². The molecule has 1 atom stereocenters. The van der Waals surface area contributed by atoms with E-state index in [-0.39, 0.29) is 12.3 Å². The second-order valence-corrected chi connectivity index (χ2v) is 3.74. The molecule has 15 heavy (non-hydrogen) atoms. The zero-order chi connectivity index (χ0) is 10.8. The smallest absolute Gasteiger partial charge is 0.271 e. The third-order valence-electron chi connectivity index (χ3n) is 2.63. The summed E-state index contributed by atoms with van der Waals surface area (Å²) in [6.45, 7) is 1.53. The molecule has 0 bridgehead atoms. The van der Waals surface area contributed by atoms with Crippen LogP contribution in [-0.4, -0.2) is 41.6 Å². The van der Waals surface area contributed by atoms with E-state index in [9.17, 15) is 9.59 Å². The number of rotatable bonds is 2. The number of likely N-dealkylation sites (tertiary alicyclic amines) is 1. The van der Waals surface area contributed by atoms with Crippen LogP contribution in [0.15, 0.2) is 5.16 Å². The highest BCUT2D eigenvalue weighted by Gasteiger charge is 2.32. The van der Waals surface area contributed by atoms with E-state index in [0.717, 1.165) is 25.9 Å². The molecule has 0 saturated carbocycles. The molecule has 2 rings (SSSR count). The minimum atomic E-state index is -0.772. The Morgan fingerprint density at radius 1 is 1.40 bits per heavy atom. The Morgan fingerprint density at radius 2 is 2.07 bits per heavy atom. The van der Waals surface area contributed by atoms with Crippen molar-refractivity contribution in [1.82, 2.24) is 4.90 Å². The summed E-state index contributed by atoms with van der Waals surface area (Å²) in [5.74, 6) is -0.709. The van der Waals surface area contributed by atoms with Crippen LogP contribution in [0.25, 0.3) is 0 Å². The van der Waals surface area contributed by atoms with Gasteiger partial charge >= 0.3 is 0 Å². The van der Waals surface area contributed by atoms with E-state index in [4.69, 9.17) is 10.6 Å². The fraction of sp³-hybridized carbons (Fsp3) is 0.667. The van der Waals surface area contributed by atoms with Gasteiger partial charge in [0.25, 0.3) is 11.8 Å². The van der Waals surface area contributed by atoms with E-state index < -0.39 is 12.0 Å². The molecule has 1 saturated heterocycles. The van der Waals surface area contributed by atoms with Gasteiger partial charge in [-0.3, -0.25) is 9.59 Å². The van der Waals surface area contributed by atoms with Crippen LogP contribution in [0.1, 0.15) is 19.3 Å². The number of carbonyl (C=O) groups is 2. The molecule has 6 heteroatoms. The quantitative estimate of drug-likeness (QED) is 0.651. The first kappa shape index (κ1) is 9.95. The van der Waals surface area contributed by atoms with Gasteiger partial charge in [0, 0.05) is 19.5 Å². The summed E-state index contributed by atoms with van der Waals surface area (Å²) in [5, 5.41) is 3.61. The maximum Gasteiger partial charge on any atom is 0.271 e. The molecule has 2 heterocycles. The molecule has 2 aliphatic heterocycles. The molecule has 2 aliphatic rings. The van der Waals surface area contributed by atoms with Crippen molar-refractivity contribution in [2.24, 2.45) is 10.9 Å². The van der Waals surface area contributed by atoms with Crippen molar-refractivity contribution in [2.75, 3.05) is 13.1 Å². The highest BCUT2D eigenvalue weighted by molar-refractivity contribution is 6.39. The first-order chi connectivity index (χ1) is 7.18. The SMILES string of the molecule is NC(=O)C1CC(C(=O)N2CCCC2)=NO1. The van der Waals surface area contributed by atoms with E-state index in [1.807, 2.05) is 0 Å². The summed E-state index contributed by atoms with van der Waals surface area (Å²) < 4.78 is 0. The van der Waals surface area contributed by atoms with Gasteiger partial charge in [0.1, 0.15) is 5.71 Å². The first-order valence-electron chi connectivity index (χ1n) is 5.00. The highest BCUT2D eigenvalue weighted by atomic mass is 16.6. The van der Waals surface area contributed by atoms with Crippen LogP contribution < -0.4 is 5.73 Å². The van der Waals surface area contributed by atoms with Crippen molar-refractivity contribution in [3.63, 3.8) is 0 Å². The zero-order valence-electron chi connectivity index (χ0n) is 8.31. The maximum absolute atomic E-state index is 11.8. The molecular weight excluding hydrogens is 198 g/mol. The number of hydrogen-bond donors (Lipinski definition) is 1. The van der Waals surface area contributed by atoms with Gasteiger partial charge < -0.3 is 15.5 Å². The molecule has 0 aromatic rings. The number of carbonyl (C=O) groups excluding carboxylic acids is 2. The second kappa shape index (κ2) is 3.88. The fourth-order valence-electron chi connectivity index (χ4n) is 1.76. The molecule has 0 radical (unpaired) electrons. The Morgan fingerprint density at radius 3 is 2.60 bits per heavy atom. The summed E-state index contributed by atoms with van der Waals surface area (Å²) in [4.78, 5) is 29.1. The van der Waals surface area contributed by atoms with E-state index in [1.54, 1.807) is 4.90 Å². The van der Waals surface area contributed by atoms with E-state index in [1.165, 1.54) is 0 Å². The van der Waals surface area contributed by atoms with Crippen LogP contribution in [-0.2, 0) is 14.4 Å². The largest absolute Gasteiger partial charge is 0.382 e. The van der Waals surface area contributed by atoms with Crippen LogP contribution in [0.3, 0.4) is 0 Å². The van der Waals surface area contributed by atoms with Gasteiger partial charge in [-0.05, 0) is 12.8 Å². The van der Waals surface area contributed by atoms with E-state index in [2.05, 4.69) is 5.16 Å². The minimum absolute atomic E-state index is 0.128. The Bertz CT molecular complexity index is 321. The lowest BCUT2D eigenvalue weighted by Gasteiger charge is -2.13. The molecule has 1 unspecified atom stereocenters. The average molecular weight is 211 g/mol. The Hall–Kier alpha value is -1.59. The maximum atomic E-state index is 11.8. The van der Waals surface area contributed by atoms with Gasteiger partial charge in [0.05, 0.1) is 0 Å². The summed E-state index contributed by atoms with van der Waals surface area (Å²) in [7, 11) is 0. The Balaban J connectivity index is 1.95. The van der Waals surface area contributed by atoms with Crippen molar-refractivity contribution < 1.29 is 14.4 Å². The molecule has 0 aliphatic carbocycles. The predicted molar refractivity (Wildman–Crippen MR) is 51.9 cm³/mol. The topological polar surface area (TPSA) is 85.0 Å². The normalized spacial score (nSPS) is 24.9.